The van der Waals surface area contributed by atoms with E-state index in [1.807, 2.05) is 0 Å². The molecule has 1 unspecified atom stereocenters. The third kappa shape index (κ3) is 11.7. The van der Waals surface area contributed by atoms with Crippen molar-refractivity contribution < 1.29 is 72.9 Å². The highest BCUT2D eigenvalue weighted by Gasteiger charge is 2.48. The van der Waals surface area contributed by atoms with Gasteiger partial charge < -0.3 is 59.8 Å². The van der Waals surface area contributed by atoms with Gasteiger partial charge in [-0.1, -0.05) is 19.9 Å². The van der Waals surface area contributed by atoms with Crippen LogP contribution in [0.15, 0.2) is 18.2 Å². The first-order chi connectivity index (χ1) is 25.3. The number of ether oxygens (including phenoxy) is 4. The zero-order valence-electron chi connectivity index (χ0n) is 30.9. The summed E-state index contributed by atoms with van der Waals surface area (Å²) in [6, 6.07) is 4.06. The number of amides is 6. The van der Waals surface area contributed by atoms with E-state index in [4.69, 9.17) is 18.9 Å². The van der Waals surface area contributed by atoms with Crippen LogP contribution in [0.3, 0.4) is 0 Å². The SMILES string of the molecule is CC(C)OC(=O)N(C)CCN(C)C(=O)OCc1ccc(O[C@@H]2O[C@H](C(=O)O)[C@@H](O)[C@H](O)[C@H]2O)c(NC(=O)CCNC(=O)CN2C(=O)CC(C(C)C)C2=O)c1. The van der Waals surface area contributed by atoms with E-state index in [9.17, 15) is 54.0 Å². The molecule has 54 heavy (non-hydrogen) atoms. The Kier molecular flexibility index (Phi) is 15.5. The van der Waals surface area contributed by atoms with Gasteiger partial charge in [-0.05, 0) is 37.5 Å². The average Bonchev–Trinajstić information content (AvgIpc) is 3.38. The third-order valence-electron chi connectivity index (χ3n) is 8.53. The molecule has 0 bridgehead atoms. The van der Waals surface area contributed by atoms with Crippen molar-refractivity contribution in [1.29, 1.82) is 0 Å². The minimum Gasteiger partial charge on any atom is -0.479 e. The molecule has 6 N–H and O–H groups in total. The molecule has 2 fully saturated rings. The molecule has 2 aliphatic rings. The van der Waals surface area contributed by atoms with Gasteiger partial charge in [0.2, 0.25) is 29.9 Å². The van der Waals surface area contributed by atoms with Crippen LogP contribution in [0.4, 0.5) is 15.3 Å². The number of anilines is 1. The van der Waals surface area contributed by atoms with E-state index in [2.05, 4.69) is 10.6 Å². The van der Waals surface area contributed by atoms with Crippen molar-refractivity contribution in [3.8, 4) is 5.75 Å². The number of rotatable bonds is 16. The quantitative estimate of drug-likeness (QED) is 0.116. The molecule has 2 aliphatic heterocycles. The fourth-order valence-corrected chi connectivity index (χ4v) is 5.29. The molecule has 300 valence electrons. The van der Waals surface area contributed by atoms with E-state index < -0.39 is 85.0 Å². The normalized spacial score (nSPS) is 22.5. The number of carboxylic acid groups (broad SMARTS) is 1. The van der Waals surface area contributed by atoms with E-state index >= 15 is 0 Å². The fraction of sp³-hybridized carbons (Fsp3) is 0.618. The highest BCUT2D eigenvalue weighted by Crippen LogP contribution is 2.31. The van der Waals surface area contributed by atoms with Crippen LogP contribution in [0.5, 0.6) is 5.75 Å². The van der Waals surface area contributed by atoms with Crippen LogP contribution in [0.25, 0.3) is 0 Å². The Morgan fingerprint density at radius 1 is 0.944 bits per heavy atom. The Hall–Kier alpha value is -5.05. The summed E-state index contributed by atoms with van der Waals surface area (Å²) in [6.45, 7) is 6.26. The number of hydrogen-bond acceptors (Lipinski definition) is 14. The lowest BCUT2D eigenvalue weighted by Gasteiger charge is -2.38. The Bertz CT molecular complexity index is 1550. The molecule has 0 saturated carbocycles. The lowest BCUT2D eigenvalue weighted by atomic mass is 9.94. The van der Waals surface area contributed by atoms with Gasteiger partial charge in [-0.2, -0.15) is 0 Å². The number of carbonyl (C=O) groups excluding carboxylic acids is 6. The molecular weight excluding hydrogens is 718 g/mol. The highest BCUT2D eigenvalue weighted by molar-refractivity contribution is 6.06. The van der Waals surface area contributed by atoms with Crippen LogP contribution in [-0.4, -0.2) is 154 Å². The fourth-order valence-electron chi connectivity index (χ4n) is 5.29. The van der Waals surface area contributed by atoms with E-state index in [0.29, 0.717) is 5.56 Å². The number of nitrogens with one attached hydrogen (secondary N) is 2. The maximum absolute atomic E-state index is 13.0. The number of likely N-dealkylation sites (tertiary alicyclic amines) is 1. The van der Waals surface area contributed by atoms with Crippen molar-refractivity contribution >= 4 is 47.5 Å². The zero-order valence-corrected chi connectivity index (χ0v) is 30.9. The summed E-state index contributed by atoms with van der Waals surface area (Å²) in [6.07, 6.45) is -11.6. The Morgan fingerprint density at radius 3 is 2.19 bits per heavy atom. The lowest BCUT2D eigenvalue weighted by Crippen LogP contribution is -2.61. The van der Waals surface area contributed by atoms with E-state index in [1.54, 1.807) is 27.7 Å². The van der Waals surface area contributed by atoms with Crippen LogP contribution < -0.4 is 15.4 Å². The second-order valence-corrected chi connectivity index (χ2v) is 13.5. The summed E-state index contributed by atoms with van der Waals surface area (Å²) < 4.78 is 21.3. The maximum Gasteiger partial charge on any atom is 0.409 e. The molecule has 2 heterocycles. The van der Waals surface area contributed by atoms with Gasteiger partial charge in [0.15, 0.2) is 6.10 Å². The van der Waals surface area contributed by atoms with Gasteiger partial charge in [-0.3, -0.25) is 24.1 Å². The molecule has 3 rings (SSSR count). The summed E-state index contributed by atoms with van der Waals surface area (Å²) in [7, 11) is 2.97. The topological polar surface area (TPSA) is 271 Å². The second kappa shape index (κ2) is 19.3. The van der Waals surface area contributed by atoms with Gasteiger partial charge in [-0.25, -0.2) is 14.4 Å². The van der Waals surface area contributed by atoms with Gasteiger partial charge in [0, 0.05) is 52.5 Å². The van der Waals surface area contributed by atoms with Crippen LogP contribution >= 0.6 is 0 Å². The number of aliphatic hydroxyl groups is 3. The Morgan fingerprint density at radius 2 is 1.59 bits per heavy atom. The number of likely N-dealkylation sites (N-methyl/N-ethyl adjacent to an activating group) is 2. The largest absolute Gasteiger partial charge is 0.479 e. The molecule has 2 saturated heterocycles. The van der Waals surface area contributed by atoms with Gasteiger partial charge in [0.05, 0.1) is 11.8 Å². The number of aliphatic hydroxyl groups excluding tert-OH is 3. The van der Waals surface area contributed by atoms with Gasteiger partial charge in [0.25, 0.3) is 0 Å². The highest BCUT2D eigenvalue weighted by atomic mass is 16.7. The summed E-state index contributed by atoms with van der Waals surface area (Å²) >= 11 is 0. The molecule has 1 aromatic rings. The third-order valence-corrected chi connectivity index (χ3v) is 8.53. The van der Waals surface area contributed by atoms with Crippen LogP contribution in [0.1, 0.15) is 46.1 Å². The number of hydrogen-bond donors (Lipinski definition) is 6. The molecule has 1 aromatic carbocycles. The number of carboxylic acids is 1. The minimum absolute atomic E-state index is 0.0130. The average molecular weight is 768 g/mol. The standard InChI is InChI=1S/C34H49N5O15/c1-17(2)20-14-25(42)39(30(20)46)15-24(41)35-10-9-23(40)36-21-13-19(16-51-33(49)37(5)11-12-38(6)34(50)52-18(3)4)7-8-22(21)53-32-28(45)26(43)27(44)29(54-32)31(47)48/h7-8,13,17-18,20,26-29,32,43-45H,9-12,14-16H2,1-6H3,(H,35,41)(H,36,40)(H,47,48)/t20?,26-,27-,28+,29-,32+/m0/s1. The number of nitrogens with zero attached hydrogens (tertiary/aromatic N) is 3. The van der Waals surface area contributed by atoms with E-state index in [0.717, 1.165) is 4.90 Å². The number of benzene rings is 1. The van der Waals surface area contributed by atoms with Crippen molar-refractivity contribution in [2.24, 2.45) is 11.8 Å². The van der Waals surface area contributed by atoms with Crippen LogP contribution in [0.2, 0.25) is 0 Å². The minimum atomic E-state index is -1.98. The summed E-state index contributed by atoms with van der Waals surface area (Å²) in [5.74, 6) is -4.65. The smallest absolute Gasteiger partial charge is 0.409 e. The monoisotopic (exact) mass is 767 g/mol. The summed E-state index contributed by atoms with van der Waals surface area (Å²) in [5, 5.41) is 45.2. The van der Waals surface area contributed by atoms with Gasteiger partial charge >= 0.3 is 18.2 Å². The second-order valence-electron chi connectivity index (χ2n) is 13.5. The van der Waals surface area contributed by atoms with E-state index in [-0.39, 0.29) is 62.5 Å². The van der Waals surface area contributed by atoms with Crippen molar-refractivity contribution in [2.75, 3.05) is 45.6 Å². The summed E-state index contributed by atoms with van der Waals surface area (Å²) in [5.41, 5.74) is 0.253. The lowest BCUT2D eigenvalue weighted by molar-refractivity contribution is -0.271. The maximum atomic E-state index is 13.0. The van der Waals surface area contributed by atoms with Crippen molar-refractivity contribution in [1.82, 2.24) is 20.0 Å². The number of aliphatic carboxylic acids is 1. The van der Waals surface area contributed by atoms with E-state index in [1.165, 1.54) is 42.1 Å². The van der Waals surface area contributed by atoms with Crippen LogP contribution in [0, 0.1) is 11.8 Å². The molecule has 20 nitrogen and oxygen atoms in total. The molecular formula is C34H49N5O15. The Labute approximate surface area is 311 Å². The molecule has 6 atom stereocenters. The van der Waals surface area contributed by atoms with Gasteiger partial charge in [0.1, 0.15) is 37.2 Å². The summed E-state index contributed by atoms with van der Waals surface area (Å²) in [4.78, 5) is 90.0. The molecule has 0 aliphatic carbocycles. The first-order valence-corrected chi connectivity index (χ1v) is 17.2. The predicted octanol–water partition coefficient (Wildman–Crippen LogP) is -0.521. The molecule has 0 spiro atoms. The molecule has 0 radical (unpaired) electrons. The predicted molar refractivity (Wildman–Crippen MR) is 184 cm³/mol. The molecule has 0 aromatic heterocycles. The van der Waals surface area contributed by atoms with Crippen LogP contribution in [-0.2, 0) is 44.8 Å². The first kappa shape index (κ1) is 43.4. The van der Waals surface area contributed by atoms with Crippen molar-refractivity contribution in [3.05, 3.63) is 23.8 Å². The van der Waals surface area contributed by atoms with Crippen molar-refractivity contribution in [3.63, 3.8) is 0 Å². The first-order valence-electron chi connectivity index (χ1n) is 17.2. The number of imide groups is 1. The van der Waals surface area contributed by atoms with Gasteiger partial charge in [-0.15, -0.1) is 0 Å². The molecule has 20 heteroatoms. The zero-order chi connectivity index (χ0) is 40.4. The molecule has 6 amide bonds. The Balaban J connectivity index is 1.68. The van der Waals surface area contributed by atoms with Crippen molar-refractivity contribution in [2.45, 2.75) is 84.0 Å². The number of carbonyl (C=O) groups is 7.